The first kappa shape index (κ1) is 14.5. The quantitative estimate of drug-likeness (QED) is 0.905. The smallest absolute Gasteiger partial charge is 0.252 e. The Morgan fingerprint density at radius 2 is 2.06 bits per heavy atom. The zero-order chi connectivity index (χ0) is 13.8. The summed E-state index contributed by atoms with van der Waals surface area (Å²) < 4.78 is 0. The van der Waals surface area contributed by atoms with Crippen molar-refractivity contribution >= 4 is 17.5 Å². The minimum absolute atomic E-state index is 0.236. The zero-order valence-electron chi connectivity index (χ0n) is 10.9. The molecule has 1 aromatic rings. The van der Waals surface area contributed by atoms with E-state index in [1.165, 1.54) is 0 Å². The second-order valence-electron chi connectivity index (χ2n) is 4.32. The van der Waals surface area contributed by atoms with Crippen LogP contribution in [-0.2, 0) is 0 Å². The minimum atomic E-state index is -0.787. The van der Waals surface area contributed by atoms with Crippen LogP contribution in [0.4, 0.5) is 0 Å². The molecule has 18 heavy (non-hydrogen) atoms. The molecule has 4 heteroatoms. The maximum Gasteiger partial charge on any atom is 0.252 e. The molecule has 0 saturated heterocycles. The van der Waals surface area contributed by atoms with Gasteiger partial charge in [0.15, 0.2) is 0 Å². The molecule has 0 bridgehead atoms. The highest BCUT2D eigenvalue weighted by molar-refractivity contribution is 6.31. The van der Waals surface area contributed by atoms with E-state index in [1.54, 1.807) is 18.2 Å². The molecule has 0 heterocycles. The van der Waals surface area contributed by atoms with Crippen LogP contribution in [0.2, 0.25) is 5.02 Å². The van der Waals surface area contributed by atoms with Crippen molar-refractivity contribution < 1.29 is 4.79 Å². The maximum absolute atomic E-state index is 12.1. The Bertz CT molecular complexity index is 487. The van der Waals surface area contributed by atoms with Crippen molar-refractivity contribution in [2.45, 2.75) is 39.2 Å². The van der Waals surface area contributed by atoms with Crippen molar-refractivity contribution in [1.29, 1.82) is 5.26 Å². The largest absolute Gasteiger partial charge is 0.334 e. The topological polar surface area (TPSA) is 52.9 Å². The van der Waals surface area contributed by atoms with Gasteiger partial charge in [-0.15, -0.1) is 0 Å². The molecule has 0 saturated carbocycles. The lowest BCUT2D eigenvalue weighted by Crippen LogP contribution is -2.46. The lowest BCUT2D eigenvalue weighted by molar-refractivity contribution is 0.0915. The van der Waals surface area contributed by atoms with Crippen LogP contribution in [0.25, 0.3) is 0 Å². The molecule has 0 aliphatic rings. The zero-order valence-corrected chi connectivity index (χ0v) is 11.6. The van der Waals surface area contributed by atoms with E-state index in [1.807, 2.05) is 20.8 Å². The van der Waals surface area contributed by atoms with Gasteiger partial charge in [-0.3, -0.25) is 4.79 Å². The van der Waals surface area contributed by atoms with Gasteiger partial charge in [-0.05, 0) is 43.5 Å². The van der Waals surface area contributed by atoms with E-state index in [2.05, 4.69) is 11.4 Å². The van der Waals surface area contributed by atoms with Crippen LogP contribution in [0.3, 0.4) is 0 Å². The van der Waals surface area contributed by atoms with Crippen molar-refractivity contribution in [2.75, 3.05) is 0 Å². The highest BCUT2D eigenvalue weighted by Gasteiger charge is 2.28. The molecule has 0 aliphatic carbocycles. The monoisotopic (exact) mass is 264 g/mol. The standard InChI is InChI=1S/C14H17ClN2O/c1-4-14(5-2,9-16)17-13(18)11-6-7-12(15)10(3)8-11/h6-8H,4-5H2,1-3H3,(H,17,18). The Balaban J connectivity index is 2.95. The van der Waals surface area contributed by atoms with Crippen LogP contribution >= 0.6 is 11.6 Å². The molecule has 1 rings (SSSR count). The van der Waals surface area contributed by atoms with Crippen LogP contribution in [0.15, 0.2) is 18.2 Å². The van der Waals surface area contributed by atoms with Crippen LogP contribution in [0.5, 0.6) is 0 Å². The van der Waals surface area contributed by atoms with Crippen LogP contribution in [0.1, 0.15) is 42.6 Å². The SMILES string of the molecule is CCC(C#N)(CC)NC(=O)c1ccc(Cl)c(C)c1. The average molecular weight is 265 g/mol. The third kappa shape index (κ3) is 3.02. The number of nitrogens with one attached hydrogen (secondary N) is 1. The molecule has 0 aromatic heterocycles. The lowest BCUT2D eigenvalue weighted by atomic mass is 9.94. The predicted octanol–water partition coefficient (Wildman–Crippen LogP) is 3.46. The fraction of sp³-hybridized carbons (Fsp3) is 0.429. The second-order valence-corrected chi connectivity index (χ2v) is 4.73. The van der Waals surface area contributed by atoms with E-state index in [0.29, 0.717) is 23.4 Å². The van der Waals surface area contributed by atoms with E-state index in [-0.39, 0.29) is 5.91 Å². The normalized spacial score (nSPS) is 10.8. The van der Waals surface area contributed by atoms with Crippen molar-refractivity contribution in [3.05, 3.63) is 34.3 Å². The van der Waals surface area contributed by atoms with Gasteiger partial charge < -0.3 is 5.32 Å². The second kappa shape index (κ2) is 5.88. The lowest BCUT2D eigenvalue weighted by Gasteiger charge is -2.25. The highest BCUT2D eigenvalue weighted by Crippen LogP contribution is 2.18. The molecule has 1 aromatic carbocycles. The summed E-state index contributed by atoms with van der Waals surface area (Å²) in [6.07, 6.45) is 1.16. The third-order valence-corrected chi connectivity index (χ3v) is 3.62. The predicted molar refractivity (Wildman–Crippen MR) is 72.6 cm³/mol. The van der Waals surface area contributed by atoms with Gasteiger partial charge in [0.2, 0.25) is 0 Å². The molecule has 1 N–H and O–H groups in total. The summed E-state index contributed by atoms with van der Waals surface area (Å²) in [5.41, 5.74) is 0.586. The molecule has 0 aliphatic heterocycles. The third-order valence-electron chi connectivity index (χ3n) is 3.19. The Morgan fingerprint density at radius 3 is 2.50 bits per heavy atom. The minimum Gasteiger partial charge on any atom is -0.334 e. The number of benzene rings is 1. The molecule has 1 amide bonds. The number of halogens is 1. The van der Waals surface area contributed by atoms with Gasteiger partial charge in [-0.25, -0.2) is 0 Å². The summed E-state index contributed by atoms with van der Waals surface area (Å²) in [4.78, 5) is 12.1. The van der Waals surface area contributed by atoms with Gasteiger partial charge in [0, 0.05) is 10.6 Å². The Morgan fingerprint density at radius 1 is 1.44 bits per heavy atom. The fourth-order valence-corrected chi connectivity index (χ4v) is 1.81. The highest BCUT2D eigenvalue weighted by atomic mass is 35.5. The number of amides is 1. The number of hydrogen-bond acceptors (Lipinski definition) is 2. The average Bonchev–Trinajstić information content (AvgIpc) is 2.39. The maximum atomic E-state index is 12.1. The first-order valence-corrected chi connectivity index (χ1v) is 6.35. The van der Waals surface area contributed by atoms with Crippen molar-refractivity contribution in [3.63, 3.8) is 0 Å². The number of nitrogens with zero attached hydrogens (tertiary/aromatic N) is 1. The fourth-order valence-electron chi connectivity index (χ4n) is 1.69. The van der Waals surface area contributed by atoms with Crippen molar-refractivity contribution in [2.24, 2.45) is 0 Å². The Hall–Kier alpha value is -1.53. The van der Waals surface area contributed by atoms with Gasteiger partial charge in [0.25, 0.3) is 5.91 Å². The molecule has 0 unspecified atom stereocenters. The molecular formula is C14H17ClN2O. The number of hydrogen-bond donors (Lipinski definition) is 1. The molecule has 0 fully saturated rings. The molecular weight excluding hydrogens is 248 g/mol. The first-order chi connectivity index (χ1) is 8.48. The number of nitriles is 1. The van der Waals surface area contributed by atoms with Gasteiger partial charge in [-0.1, -0.05) is 25.4 Å². The first-order valence-electron chi connectivity index (χ1n) is 5.98. The van der Waals surface area contributed by atoms with Crippen LogP contribution in [-0.4, -0.2) is 11.4 Å². The molecule has 0 radical (unpaired) electrons. The summed E-state index contributed by atoms with van der Waals surface area (Å²) in [6, 6.07) is 7.27. The molecule has 0 spiro atoms. The van der Waals surface area contributed by atoms with Crippen molar-refractivity contribution in [3.8, 4) is 6.07 Å². The summed E-state index contributed by atoms with van der Waals surface area (Å²) in [6.45, 7) is 5.62. The Kier molecular flexibility index (Phi) is 4.75. The van der Waals surface area contributed by atoms with E-state index in [9.17, 15) is 10.1 Å². The van der Waals surface area contributed by atoms with Gasteiger partial charge in [-0.2, -0.15) is 5.26 Å². The van der Waals surface area contributed by atoms with E-state index in [0.717, 1.165) is 5.56 Å². The summed E-state index contributed by atoms with van der Waals surface area (Å²) in [5.74, 6) is -0.236. The summed E-state index contributed by atoms with van der Waals surface area (Å²) in [5, 5.41) is 12.6. The summed E-state index contributed by atoms with van der Waals surface area (Å²) >= 11 is 5.92. The number of carbonyl (C=O) groups is 1. The number of rotatable bonds is 4. The molecule has 3 nitrogen and oxygen atoms in total. The molecule has 96 valence electrons. The summed E-state index contributed by atoms with van der Waals surface area (Å²) in [7, 11) is 0. The van der Waals surface area contributed by atoms with Crippen LogP contribution < -0.4 is 5.32 Å². The van der Waals surface area contributed by atoms with Gasteiger partial charge >= 0.3 is 0 Å². The number of carbonyl (C=O) groups excluding carboxylic acids is 1. The van der Waals surface area contributed by atoms with Crippen LogP contribution in [0, 0.1) is 18.3 Å². The molecule has 0 atom stereocenters. The number of aryl methyl sites for hydroxylation is 1. The van der Waals surface area contributed by atoms with Gasteiger partial charge in [0.05, 0.1) is 6.07 Å². The van der Waals surface area contributed by atoms with Crippen molar-refractivity contribution in [1.82, 2.24) is 5.32 Å². The van der Waals surface area contributed by atoms with E-state index >= 15 is 0 Å². The van der Waals surface area contributed by atoms with E-state index in [4.69, 9.17) is 11.6 Å². The van der Waals surface area contributed by atoms with E-state index < -0.39 is 5.54 Å². The van der Waals surface area contributed by atoms with Gasteiger partial charge in [0.1, 0.15) is 5.54 Å². The Labute approximate surface area is 113 Å².